The van der Waals surface area contributed by atoms with Gasteiger partial charge in [0, 0.05) is 59.5 Å². The lowest BCUT2D eigenvalue weighted by Gasteiger charge is -2.41. The van der Waals surface area contributed by atoms with Crippen molar-refractivity contribution in [2.75, 3.05) is 26.2 Å². The molecule has 0 bridgehead atoms. The quantitative estimate of drug-likeness (QED) is 0.337. The molecule has 0 aliphatic carbocycles. The molecule has 3 aromatic carbocycles. The molecule has 0 spiro atoms. The van der Waals surface area contributed by atoms with Crippen molar-refractivity contribution in [2.45, 2.75) is 24.7 Å². The second-order valence-corrected chi connectivity index (χ2v) is 11.1. The number of hydrogen-bond donors (Lipinski definition) is 1. The van der Waals surface area contributed by atoms with Crippen LogP contribution in [0.5, 0.6) is 0 Å². The standard InChI is InChI=1S/C30H26F3N3O2S/c31-30(32,33)21-11-12-24-25(15-21)39-27(26(24)19-7-3-1-4-8-19)29(38)36-17-23(18-36)34-22-13-14-35(16-22)28(37)20-9-5-2-6-10-20/h1-12,15,22-23,34H,13-14,16-18H2/t22-/m0/s1. The number of thiophene rings is 1. The fraction of sp³-hybridized carbons (Fsp3) is 0.267. The van der Waals surface area contributed by atoms with Crippen molar-refractivity contribution in [1.82, 2.24) is 15.1 Å². The van der Waals surface area contributed by atoms with Crippen LogP contribution >= 0.6 is 11.3 Å². The molecule has 6 rings (SSSR count). The van der Waals surface area contributed by atoms with Gasteiger partial charge in [-0.25, -0.2) is 0 Å². The molecule has 2 amide bonds. The number of rotatable bonds is 5. The van der Waals surface area contributed by atoms with Gasteiger partial charge < -0.3 is 15.1 Å². The predicted molar refractivity (Wildman–Crippen MR) is 146 cm³/mol. The maximum absolute atomic E-state index is 13.6. The number of likely N-dealkylation sites (tertiary alicyclic amines) is 2. The van der Waals surface area contributed by atoms with Crippen molar-refractivity contribution in [3.05, 3.63) is 94.9 Å². The van der Waals surface area contributed by atoms with E-state index in [-0.39, 0.29) is 23.9 Å². The number of halogens is 3. The van der Waals surface area contributed by atoms with Crippen LogP contribution in [0.25, 0.3) is 21.2 Å². The Morgan fingerprint density at radius 3 is 2.18 bits per heavy atom. The second-order valence-electron chi connectivity index (χ2n) is 10.1. The molecule has 39 heavy (non-hydrogen) atoms. The van der Waals surface area contributed by atoms with Gasteiger partial charge in [-0.15, -0.1) is 11.3 Å². The molecule has 9 heteroatoms. The molecular weight excluding hydrogens is 523 g/mol. The minimum absolute atomic E-state index is 0.0252. The molecule has 1 atom stereocenters. The van der Waals surface area contributed by atoms with E-state index in [0.29, 0.717) is 52.3 Å². The molecule has 2 saturated heterocycles. The van der Waals surface area contributed by atoms with Gasteiger partial charge in [0.25, 0.3) is 11.8 Å². The van der Waals surface area contributed by atoms with E-state index < -0.39 is 11.7 Å². The largest absolute Gasteiger partial charge is 0.416 e. The molecule has 0 radical (unpaired) electrons. The summed E-state index contributed by atoms with van der Waals surface area (Å²) < 4.78 is 40.5. The molecule has 0 saturated carbocycles. The third-order valence-corrected chi connectivity index (χ3v) is 8.55. The van der Waals surface area contributed by atoms with Crippen molar-refractivity contribution >= 4 is 33.2 Å². The van der Waals surface area contributed by atoms with Gasteiger partial charge in [0.1, 0.15) is 4.88 Å². The number of fused-ring (bicyclic) bond motifs is 1. The maximum atomic E-state index is 13.6. The van der Waals surface area contributed by atoms with Crippen molar-refractivity contribution in [3.8, 4) is 11.1 Å². The van der Waals surface area contributed by atoms with Crippen LogP contribution in [0.4, 0.5) is 13.2 Å². The fourth-order valence-corrected chi connectivity index (χ4v) is 6.62. The summed E-state index contributed by atoms with van der Waals surface area (Å²) in [6.07, 6.45) is -3.60. The minimum atomic E-state index is -4.45. The van der Waals surface area contributed by atoms with Crippen LogP contribution in [0, 0.1) is 0 Å². The summed E-state index contributed by atoms with van der Waals surface area (Å²) in [5.41, 5.74) is 1.44. The van der Waals surface area contributed by atoms with Crippen LogP contribution in [-0.4, -0.2) is 59.9 Å². The molecule has 5 nitrogen and oxygen atoms in total. The van der Waals surface area contributed by atoms with Gasteiger partial charge in [-0.3, -0.25) is 9.59 Å². The number of carbonyl (C=O) groups excluding carboxylic acids is 2. The third kappa shape index (κ3) is 5.04. The Labute approximate surface area is 227 Å². The van der Waals surface area contributed by atoms with E-state index in [0.717, 1.165) is 35.5 Å². The summed E-state index contributed by atoms with van der Waals surface area (Å²) in [5, 5.41) is 4.22. The molecule has 200 valence electrons. The first kappa shape index (κ1) is 25.6. The lowest BCUT2D eigenvalue weighted by molar-refractivity contribution is -0.137. The van der Waals surface area contributed by atoms with Gasteiger partial charge in [0.15, 0.2) is 0 Å². The number of alkyl halides is 3. The van der Waals surface area contributed by atoms with E-state index in [9.17, 15) is 22.8 Å². The highest BCUT2D eigenvalue weighted by Crippen LogP contribution is 2.42. The summed E-state index contributed by atoms with van der Waals surface area (Å²) in [6, 6.07) is 22.5. The molecular formula is C30H26F3N3O2S. The number of nitrogens with one attached hydrogen (secondary N) is 1. The summed E-state index contributed by atoms with van der Waals surface area (Å²) in [4.78, 5) is 30.4. The van der Waals surface area contributed by atoms with Gasteiger partial charge >= 0.3 is 6.18 Å². The number of benzene rings is 3. The highest BCUT2D eigenvalue weighted by molar-refractivity contribution is 7.21. The topological polar surface area (TPSA) is 52.7 Å². The van der Waals surface area contributed by atoms with Crippen LogP contribution in [0.15, 0.2) is 78.9 Å². The Bertz CT molecular complexity index is 1520. The molecule has 1 N–H and O–H groups in total. The number of hydrogen-bond acceptors (Lipinski definition) is 4. The maximum Gasteiger partial charge on any atom is 0.416 e. The normalized spacial score (nSPS) is 18.0. The first-order chi connectivity index (χ1) is 18.8. The summed E-state index contributed by atoms with van der Waals surface area (Å²) in [6.45, 7) is 2.33. The first-order valence-electron chi connectivity index (χ1n) is 12.9. The first-order valence-corrected chi connectivity index (χ1v) is 13.7. The van der Waals surface area contributed by atoms with Crippen molar-refractivity contribution < 1.29 is 22.8 Å². The Kier molecular flexibility index (Phi) is 6.64. The number of amides is 2. The molecule has 2 aliphatic rings. The Morgan fingerprint density at radius 2 is 1.49 bits per heavy atom. The van der Waals surface area contributed by atoms with Gasteiger partial charge in [-0.2, -0.15) is 13.2 Å². The number of carbonyl (C=O) groups is 2. The Hall–Kier alpha value is -3.69. The van der Waals surface area contributed by atoms with E-state index in [1.54, 1.807) is 4.90 Å². The average molecular weight is 550 g/mol. The molecule has 0 unspecified atom stereocenters. The molecule has 4 aromatic rings. The minimum Gasteiger partial charge on any atom is -0.337 e. The third-order valence-electron chi connectivity index (χ3n) is 7.41. The summed E-state index contributed by atoms with van der Waals surface area (Å²) >= 11 is 1.11. The molecule has 3 heterocycles. The fourth-order valence-electron chi connectivity index (χ4n) is 5.39. The van der Waals surface area contributed by atoms with Crippen LogP contribution in [0.3, 0.4) is 0 Å². The monoisotopic (exact) mass is 549 g/mol. The van der Waals surface area contributed by atoms with Gasteiger partial charge in [-0.1, -0.05) is 54.6 Å². The highest BCUT2D eigenvalue weighted by Gasteiger charge is 2.37. The van der Waals surface area contributed by atoms with Gasteiger partial charge in [0.2, 0.25) is 0 Å². The summed E-state index contributed by atoms with van der Waals surface area (Å²) in [7, 11) is 0. The zero-order valence-electron chi connectivity index (χ0n) is 20.9. The van der Waals surface area contributed by atoms with Crippen LogP contribution in [0.1, 0.15) is 32.0 Å². The molecule has 2 fully saturated rings. The predicted octanol–water partition coefficient (Wildman–Crippen LogP) is 5.92. The highest BCUT2D eigenvalue weighted by atomic mass is 32.1. The van der Waals surface area contributed by atoms with Crippen LogP contribution < -0.4 is 5.32 Å². The average Bonchev–Trinajstić information content (AvgIpc) is 3.55. The second kappa shape index (κ2) is 10.1. The SMILES string of the molecule is O=C(c1ccccc1)N1CC[C@H](NC2CN(C(=O)c3sc4cc(C(F)(F)F)ccc4c3-c3ccccc3)C2)C1. The smallest absolute Gasteiger partial charge is 0.337 e. The van der Waals surface area contributed by atoms with E-state index in [2.05, 4.69) is 5.32 Å². The van der Waals surface area contributed by atoms with E-state index in [1.807, 2.05) is 65.6 Å². The van der Waals surface area contributed by atoms with Crippen LogP contribution in [0.2, 0.25) is 0 Å². The van der Waals surface area contributed by atoms with Crippen molar-refractivity contribution in [2.24, 2.45) is 0 Å². The molecule has 1 aromatic heterocycles. The van der Waals surface area contributed by atoms with E-state index in [1.165, 1.54) is 6.07 Å². The van der Waals surface area contributed by atoms with Crippen LogP contribution in [-0.2, 0) is 6.18 Å². The van der Waals surface area contributed by atoms with E-state index >= 15 is 0 Å². The van der Waals surface area contributed by atoms with E-state index in [4.69, 9.17) is 0 Å². The van der Waals surface area contributed by atoms with Gasteiger partial charge in [0.05, 0.1) is 5.56 Å². The lowest BCUT2D eigenvalue weighted by Crippen LogP contribution is -2.62. The summed E-state index contributed by atoms with van der Waals surface area (Å²) in [5.74, 6) is -0.147. The number of nitrogens with zero attached hydrogens (tertiary/aromatic N) is 2. The zero-order chi connectivity index (χ0) is 27.1. The Balaban J connectivity index is 1.15. The zero-order valence-corrected chi connectivity index (χ0v) is 21.8. The van der Waals surface area contributed by atoms with Crippen molar-refractivity contribution in [3.63, 3.8) is 0 Å². The van der Waals surface area contributed by atoms with Gasteiger partial charge in [-0.05, 0) is 36.2 Å². The Morgan fingerprint density at radius 1 is 0.821 bits per heavy atom. The molecule has 2 aliphatic heterocycles. The van der Waals surface area contributed by atoms with Crippen molar-refractivity contribution in [1.29, 1.82) is 0 Å². The lowest BCUT2D eigenvalue weighted by atomic mass is 9.99.